The van der Waals surface area contributed by atoms with Crippen molar-refractivity contribution >= 4 is 21.8 Å². The molecule has 0 spiro atoms. The van der Waals surface area contributed by atoms with E-state index in [1.807, 2.05) is 0 Å². The third-order valence-electron chi connectivity index (χ3n) is 4.19. The summed E-state index contributed by atoms with van der Waals surface area (Å²) in [6, 6.07) is 15.6. The summed E-state index contributed by atoms with van der Waals surface area (Å²) in [5.74, 6) is 0. The van der Waals surface area contributed by atoms with Gasteiger partial charge in [-0.05, 0) is 43.7 Å². The van der Waals surface area contributed by atoms with E-state index < -0.39 is 0 Å². The Labute approximate surface area is 126 Å². The van der Waals surface area contributed by atoms with E-state index in [1.54, 1.807) is 0 Å². The number of unbranched alkanes of at least 4 members (excludes halogenated alkanes) is 1. The lowest BCUT2D eigenvalue weighted by atomic mass is 10.1. The molecule has 2 aromatic carbocycles. The van der Waals surface area contributed by atoms with Crippen molar-refractivity contribution in [2.45, 2.75) is 39.8 Å². The Balaban J connectivity index is 1.99. The van der Waals surface area contributed by atoms with Gasteiger partial charge in [0.25, 0.3) is 0 Å². The molecule has 3 aromatic rings. The fourth-order valence-corrected chi connectivity index (χ4v) is 3.09. The number of aryl methyl sites for hydroxylation is 1. The molecule has 0 saturated carbocycles. The predicted octanol–water partition coefficient (Wildman–Crippen LogP) is 4.70. The highest BCUT2D eigenvalue weighted by Gasteiger charge is 2.09. The summed E-state index contributed by atoms with van der Waals surface area (Å²) in [4.78, 5) is 0. The van der Waals surface area contributed by atoms with E-state index in [9.17, 15) is 0 Å². The number of nitrogens with one attached hydrogen (secondary N) is 1. The second kappa shape index (κ2) is 6.31. The number of hydrogen-bond acceptors (Lipinski definition) is 1. The summed E-state index contributed by atoms with van der Waals surface area (Å²) < 4.78 is 2.40. The summed E-state index contributed by atoms with van der Waals surface area (Å²) in [5, 5.41) is 6.27. The molecule has 0 amide bonds. The average molecular weight is 280 g/mol. The van der Waals surface area contributed by atoms with Crippen LogP contribution in [0.3, 0.4) is 0 Å². The maximum Gasteiger partial charge on any atom is 0.0491 e. The normalized spacial score (nSPS) is 11.5. The molecule has 3 rings (SSSR count). The monoisotopic (exact) mass is 280 g/mol. The summed E-state index contributed by atoms with van der Waals surface area (Å²) in [6.07, 6.45) is 2.49. The molecule has 1 N–H and O–H groups in total. The molecule has 2 nitrogen and oxygen atoms in total. The van der Waals surface area contributed by atoms with Gasteiger partial charge in [0.2, 0.25) is 0 Å². The van der Waals surface area contributed by atoms with Gasteiger partial charge in [0.1, 0.15) is 0 Å². The fraction of sp³-hybridized carbons (Fsp3) is 0.368. The highest BCUT2D eigenvalue weighted by Crippen LogP contribution is 2.29. The first-order valence-electron chi connectivity index (χ1n) is 8.05. The van der Waals surface area contributed by atoms with Crippen LogP contribution in [0.25, 0.3) is 21.8 Å². The van der Waals surface area contributed by atoms with Gasteiger partial charge in [-0.1, -0.05) is 37.6 Å². The maximum absolute atomic E-state index is 3.53. The van der Waals surface area contributed by atoms with E-state index in [2.05, 4.69) is 66.2 Å². The quantitative estimate of drug-likeness (QED) is 0.647. The summed E-state index contributed by atoms with van der Waals surface area (Å²) in [5.41, 5.74) is 4.06. The molecular weight excluding hydrogens is 256 g/mol. The van der Waals surface area contributed by atoms with Crippen molar-refractivity contribution in [1.29, 1.82) is 0 Å². The third-order valence-corrected chi connectivity index (χ3v) is 4.19. The molecule has 0 saturated heterocycles. The predicted molar refractivity (Wildman–Crippen MR) is 91.7 cm³/mol. The standard InChI is InChI=1S/C19H24N2/c1-3-5-12-20-14-15-10-11-19-17(13-15)16-8-6-7-9-18(16)21(19)4-2/h6-11,13,20H,3-5,12,14H2,1-2H3. The van der Waals surface area contributed by atoms with Crippen molar-refractivity contribution in [3.63, 3.8) is 0 Å². The Bertz CT molecular complexity index is 740. The molecule has 0 aliphatic rings. The molecule has 0 radical (unpaired) electrons. The Morgan fingerprint density at radius 1 is 0.952 bits per heavy atom. The molecule has 1 aromatic heterocycles. The number of hydrogen-bond donors (Lipinski definition) is 1. The van der Waals surface area contributed by atoms with E-state index in [0.717, 1.165) is 19.6 Å². The van der Waals surface area contributed by atoms with Crippen LogP contribution in [0.4, 0.5) is 0 Å². The highest BCUT2D eigenvalue weighted by atomic mass is 15.0. The zero-order chi connectivity index (χ0) is 14.7. The van der Waals surface area contributed by atoms with Crippen molar-refractivity contribution in [2.24, 2.45) is 0 Å². The molecule has 0 atom stereocenters. The molecule has 0 fully saturated rings. The first-order valence-corrected chi connectivity index (χ1v) is 8.05. The van der Waals surface area contributed by atoms with Crippen LogP contribution in [-0.4, -0.2) is 11.1 Å². The summed E-state index contributed by atoms with van der Waals surface area (Å²) in [7, 11) is 0. The van der Waals surface area contributed by atoms with Gasteiger partial charge in [0, 0.05) is 34.9 Å². The average Bonchev–Trinajstić information content (AvgIpc) is 2.85. The largest absolute Gasteiger partial charge is 0.341 e. The zero-order valence-corrected chi connectivity index (χ0v) is 13.0. The Morgan fingerprint density at radius 3 is 2.57 bits per heavy atom. The van der Waals surface area contributed by atoms with Gasteiger partial charge < -0.3 is 9.88 Å². The van der Waals surface area contributed by atoms with Crippen LogP contribution in [0.15, 0.2) is 42.5 Å². The molecule has 0 aliphatic carbocycles. The molecule has 0 bridgehead atoms. The van der Waals surface area contributed by atoms with Crippen LogP contribution >= 0.6 is 0 Å². The number of para-hydroxylation sites is 1. The van der Waals surface area contributed by atoms with Crippen LogP contribution in [0.2, 0.25) is 0 Å². The minimum absolute atomic E-state index is 0.960. The maximum atomic E-state index is 3.53. The fourth-order valence-electron chi connectivity index (χ4n) is 3.09. The highest BCUT2D eigenvalue weighted by molar-refractivity contribution is 6.08. The van der Waals surface area contributed by atoms with Gasteiger partial charge in [0.15, 0.2) is 0 Å². The van der Waals surface area contributed by atoms with Crippen LogP contribution in [-0.2, 0) is 13.1 Å². The van der Waals surface area contributed by atoms with Crippen molar-refractivity contribution in [2.75, 3.05) is 6.54 Å². The molecule has 0 unspecified atom stereocenters. The van der Waals surface area contributed by atoms with Crippen LogP contribution in [0.5, 0.6) is 0 Å². The molecule has 110 valence electrons. The number of rotatable bonds is 6. The van der Waals surface area contributed by atoms with Gasteiger partial charge in [0.05, 0.1) is 0 Å². The Hall–Kier alpha value is -1.80. The second-order valence-corrected chi connectivity index (χ2v) is 5.64. The second-order valence-electron chi connectivity index (χ2n) is 5.64. The minimum atomic E-state index is 0.960. The number of benzene rings is 2. The van der Waals surface area contributed by atoms with Crippen LogP contribution in [0.1, 0.15) is 32.3 Å². The number of aromatic nitrogens is 1. The van der Waals surface area contributed by atoms with Crippen molar-refractivity contribution in [3.05, 3.63) is 48.0 Å². The van der Waals surface area contributed by atoms with Gasteiger partial charge in [-0.2, -0.15) is 0 Å². The van der Waals surface area contributed by atoms with E-state index in [-0.39, 0.29) is 0 Å². The smallest absolute Gasteiger partial charge is 0.0491 e. The molecule has 21 heavy (non-hydrogen) atoms. The van der Waals surface area contributed by atoms with Crippen molar-refractivity contribution in [3.8, 4) is 0 Å². The van der Waals surface area contributed by atoms with Crippen molar-refractivity contribution < 1.29 is 0 Å². The van der Waals surface area contributed by atoms with Crippen LogP contribution in [0, 0.1) is 0 Å². The molecule has 1 heterocycles. The Kier molecular flexibility index (Phi) is 4.26. The Morgan fingerprint density at radius 2 is 1.76 bits per heavy atom. The van der Waals surface area contributed by atoms with E-state index in [0.29, 0.717) is 0 Å². The lowest BCUT2D eigenvalue weighted by Gasteiger charge is -2.06. The lowest BCUT2D eigenvalue weighted by molar-refractivity contribution is 0.642. The molecule has 0 aliphatic heterocycles. The van der Waals surface area contributed by atoms with E-state index >= 15 is 0 Å². The number of fused-ring (bicyclic) bond motifs is 3. The van der Waals surface area contributed by atoms with Gasteiger partial charge in [-0.3, -0.25) is 0 Å². The third kappa shape index (κ3) is 2.68. The van der Waals surface area contributed by atoms with Gasteiger partial charge >= 0.3 is 0 Å². The molecule has 2 heteroatoms. The summed E-state index contributed by atoms with van der Waals surface area (Å²) in [6.45, 7) is 7.52. The zero-order valence-electron chi connectivity index (χ0n) is 13.0. The minimum Gasteiger partial charge on any atom is -0.341 e. The first-order chi connectivity index (χ1) is 10.3. The first kappa shape index (κ1) is 14.2. The SMILES string of the molecule is CCCCNCc1ccc2c(c1)c1ccccc1n2CC. The van der Waals surface area contributed by atoms with Crippen LogP contribution < -0.4 is 5.32 Å². The number of nitrogens with zero attached hydrogens (tertiary/aromatic N) is 1. The van der Waals surface area contributed by atoms with E-state index in [4.69, 9.17) is 0 Å². The van der Waals surface area contributed by atoms with Crippen molar-refractivity contribution in [1.82, 2.24) is 9.88 Å². The topological polar surface area (TPSA) is 17.0 Å². The lowest BCUT2D eigenvalue weighted by Crippen LogP contribution is -2.14. The molecular formula is C19H24N2. The van der Waals surface area contributed by atoms with E-state index in [1.165, 1.54) is 40.2 Å². The summed E-state index contributed by atoms with van der Waals surface area (Å²) >= 11 is 0. The van der Waals surface area contributed by atoms with Gasteiger partial charge in [-0.15, -0.1) is 0 Å². The van der Waals surface area contributed by atoms with Gasteiger partial charge in [-0.25, -0.2) is 0 Å².